The van der Waals surface area contributed by atoms with E-state index in [1.807, 2.05) is 53.4 Å². The molecule has 0 fully saturated rings. The first-order chi connectivity index (χ1) is 18.0. The molecule has 1 unspecified atom stereocenters. The Hall–Kier alpha value is -3.37. The molecule has 0 aliphatic carbocycles. The number of fused-ring (bicyclic) bond motifs is 1. The van der Waals surface area contributed by atoms with Crippen LogP contribution in [0, 0.1) is 0 Å². The van der Waals surface area contributed by atoms with Gasteiger partial charge in [-0.2, -0.15) is 26.3 Å². The summed E-state index contributed by atoms with van der Waals surface area (Å²) in [5, 5.41) is 5.92. The number of amides is 1. The average Bonchev–Trinajstić information content (AvgIpc) is 3.25. The van der Waals surface area contributed by atoms with Crippen LogP contribution in [0.2, 0.25) is 0 Å². The molecule has 4 rings (SSSR count). The average molecular weight is 536 g/mol. The number of carbonyl (C=O) groups is 1. The molecule has 1 atom stereocenters. The summed E-state index contributed by atoms with van der Waals surface area (Å²) < 4.78 is 79.2. The molecule has 10 heteroatoms. The third-order valence-electron chi connectivity index (χ3n) is 6.46. The van der Waals surface area contributed by atoms with Gasteiger partial charge in [-0.25, -0.2) is 0 Å². The van der Waals surface area contributed by atoms with Crippen LogP contribution in [0.1, 0.15) is 39.4 Å². The molecule has 2 N–H and O–H groups in total. The van der Waals surface area contributed by atoms with E-state index < -0.39 is 42.0 Å². The summed E-state index contributed by atoms with van der Waals surface area (Å²) >= 11 is 0. The van der Waals surface area contributed by atoms with Gasteiger partial charge in [-0.15, -0.1) is 0 Å². The molecule has 0 aromatic heterocycles. The van der Waals surface area contributed by atoms with E-state index >= 15 is 0 Å². The molecular formula is C28H27F6N3O. The van der Waals surface area contributed by atoms with Crippen LogP contribution in [0.4, 0.5) is 26.3 Å². The van der Waals surface area contributed by atoms with Crippen molar-refractivity contribution in [2.75, 3.05) is 19.6 Å². The molecule has 3 aromatic carbocycles. The van der Waals surface area contributed by atoms with Crippen LogP contribution in [-0.2, 0) is 36.7 Å². The molecule has 0 bridgehead atoms. The van der Waals surface area contributed by atoms with Crippen molar-refractivity contribution in [3.05, 3.63) is 106 Å². The van der Waals surface area contributed by atoms with Gasteiger partial charge in [-0.3, -0.25) is 9.69 Å². The number of hydrogen-bond acceptors (Lipinski definition) is 3. The van der Waals surface area contributed by atoms with Crippen molar-refractivity contribution < 1.29 is 31.1 Å². The van der Waals surface area contributed by atoms with Gasteiger partial charge in [-0.05, 0) is 53.4 Å². The summed E-state index contributed by atoms with van der Waals surface area (Å²) in [6.45, 7) is 1.93. The van der Waals surface area contributed by atoms with E-state index in [4.69, 9.17) is 0 Å². The molecule has 1 aliphatic heterocycles. The molecule has 1 amide bonds. The zero-order valence-electron chi connectivity index (χ0n) is 20.4. The molecule has 0 spiro atoms. The monoisotopic (exact) mass is 535 g/mol. The minimum absolute atomic E-state index is 0.0745. The second-order valence-corrected chi connectivity index (χ2v) is 9.19. The minimum Gasteiger partial charge on any atom is -0.350 e. The molecule has 3 aromatic rings. The van der Waals surface area contributed by atoms with E-state index in [1.54, 1.807) is 6.07 Å². The van der Waals surface area contributed by atoms with Crippen LogP contribution in [0.25, 0.3) is 0 Å². The Morgan fingerprint density at radius 1 is 0.816 bits per heavy atom. The number of nitrogens with zero attached hydrogens (tertiary/aromatic N) is 1. The van der Waals surface area contributed by atoms with Gasteiger partial charge in [-0.1, -0.05) is 54.6 Å². The number of halogens is 6. The van der Waals surface area contributed by atoms with E-state index in [2.05, 4.69) is 10.6 Å². The Bertz CT molecular complexity index is 1210. The van der Waals surface area contributed by atoms with Crippen molar-refractivity contribution in [2.24, 2.45) is 0 Å². The third-order valence-corrected chi connectivity index (χ3v) is 6.46. The highest BCUT2D eigenvalue weighted by Crippen LogP contribution is 2.37. The first-order valence-corrected chi connectivity index (χ1v) is 12.1. The highest BCUT2D eigenvalue weighted by molar-refractivity contribution is 5.84. The first kappa shape index (κ1) is 27.7. The van der Waals surface area contributed by atoms with Crippen molar-refractivity contribution in [3.63, 3.8) is 0 Å². The van der Waals surface area contributed by atoms with Gasteiger partial charge in [0, 0.05) is 26.2 Å². The summed E-state index contributed by atoms with van der Waals surface area (Å²) in [7, 11) is 0. The van der Waals surface area contributed by atoms with Crippen LogP contribution in [0.5, 0.6) is 0 Å². The van der Waals surface area contributed by atoms with Crippen molar-refractivity contribution in [1.29, 1.82) is 0 Å². The number of alkyl halides is 6. The first-order valence-electron chi connectivity index (χ1n) is 12.1. The predicted molar refractivity (Wildman–Crippen MR) is 131 cm³/mol. The van der Waals surface area contributed by atoms with Crippen molar-refractivity contribution in [1.82, 2.24) is 15.5 Å². The topological polar surface area (TPSA) is 44.4 Å². The van der Waals surface area contributed by atoms with Gasteiger partial charge in [0.25, 0.3) is 0 Å². The lowest BCUT2D eigenvalue weighted by atomic mass is 10.0. The Balaban J connectivity index is 1.42. The largest absolute Gasteiger partial charge is 0.416 e. The Morgan fingerprint density at radius 3 is 2.11 bits per heavy atom. The fourth-order valence-electron chi connectivity index (χ4n) is 4.60. The maximum atomic E-state index is 13.2. The molecule has 1 heterocycles. The van der Waals surface area contributed by atoms with Crippen LogP contribution >= 0.6 is 0 Å². The van der Waals surface area contributed by atoms with Gasteiger partial charge < -0.3 is 10.6 Å². The summed E-state index contributed by atoms with van der Waals surface area (Å²) in [5.74, 6) is -0.481. The van der Waals surface area contributed by atoms with Gasteiger partial charge >= 0.3 is 12.4 Å². The Kier molecular flexibility index (Phi) is 8.42. The van der Waals surface area contributed by atoms with Crippen molar-refractivity contribution >= 4 is 5.91 Å². The molecule has 38 heavy (non-hydrogen) atoms. The van der Waals surface area contributed by atoms with E-state index in [9.17, 15) is 31.1 Å². The standard InChI is InChI=1S/C28H27F6N3O/c29-27(30,31)22-14-20(15-23(16-22)28(32,33)34)17-36-26(38)25-24-9-5-4-8-21(24)18-37(25)13-12-35-11-10-19-6-2-1-3-7-19/h1-9,14-16,25,35H,10-13,17-18H2,(H,36,38). The molecule has 0 saturated carbocycles. The number of rotatable bonds is 9. The molecule has 4 nitrogen and oxygen atoms in total. The van der Waals surface area contributed by atoms with E-state index in [1.165, 1.54) is 5.56 Å². The maximum absolute atomic E-state index is 13.2. The summed E-state index contributed by atoms with van der Waals surface area (Å²) in [4.78, 5) is 15.2. The SMILES string of the molecule is O=C(NCc1cc(C(F)(F)F)cc(C(F)(F)F)c1)C1c2ccccc2CN1CCNCCc1ccccc1. The molecule has 0 saturated heterocycles. The molecule has 1 aliphatic rings. The zero-order chi connectivity index (χ0) is 27.3. The quantitative estimate of drug-likeness (QED) is 0.272. The lowest BCUT2D eigenvalue weighted by Gasteiger charge is -2.24. The highest BCUT2D eigenvalue weighted by Gasteiger charge is 2.38. The second kappa shape index (κ2) is 11.6. The van der Waals surface area contributed by atoms with Crippen LogP contribution in [0.15, 0.2) is 72.8 Å². The molecular weight excluding hydrogens is 508 g/mol. The predicted octanol–water partition coefficient (Wildman–Crippen LogP) is 5.73. The van der Waals surface area contributed by atoms with Crippen molar-refractivity contribution in [3.8, 4) is 0 Å². The summed E-state index contributed by atoms with van der Waals surface area (Å²) in [6.07, 6.45) is -9.05. The fourth-order valence-corrected chi connectivity index (χ4v) is 4.60. The van der Waals surface area contributed by atoms with E-state index in [-0.39, 0.29) is 11.6 Å². The van der Waals surface area contributed by atoms with Gasteiger partial charge in [0.2, 0.25) is 5.91 Å². The van der Waals surface area contributed by atoms with Crippen LogP contribution in [0.3, 0.4) is 0 Å². The summed E-state index contributed by atoms with van der Waals surface area (Å²) in [6, 6.07) is 18.0. The number of carbonyl (C=O) groups excluding carboxylic acids is 1. The second-order valence-electron chi connectivity index (χ2n) is 9.19. The number of benzene rings is 3. The number of hydrogen-bond donors (Lipinski definition) is 2. The Morgan fingerprint density at radius 2 is 1.45 bits per heavy atom. The third kappa shape index (κ3) is 6.93. The molecule has 0 radical (unpaired) electrons. The molecule has 202 valence electrons. The lowest BCUT2D eigenvalue weighted by molar-refractivity contribution is -0.143. The van der Waals surface area contributed by atoms with Crippen molar-refractivity contribution in [2.45, 2.75) is 37.9 Å². The Labute approximate surface area is 216 Å². The van der Waals surface area contributed by atoms with E-state index in [0.29, 0.717) is 31.8 Å². The zero-order valence-corrected chi connectivity index (χ0v) is 20.4. The number of nitrogens with one attached hydrogen (secondary N) is 2. The van der Waals surface area contributed by atoms with E-state index in [0.717, 1.165) is 24.1 Å². The fraction of sp³-hybridized carbons (Fsp3) is 0.321. The summed E-state index contributed by atoms with van der Waals surface area (Å²) in [5.41, 5.74) is -0.170. The highest BCUT2D eigenvalue weighted by atomic mass is 19.4. The van der Waals surface area contributed by atoms with Crippen LogP contribution in [-0.4, -0.2) is 30.4 Å². The normalized spacial score (nSPS) is 15.9. The van der Waals surface area contributed by atoms with Crippen LogP contribution < -0.4 is 10.6 Å². The van der Waals surface area contributed by atoms with Gasteiger partial charge in [0.1, 0.15) is 6.04 Å². The van der Waals surface area contributed by atoms with Gasteiger partial charge in [0.15, 0.2) is 0 Å². The lowest BCUT2D eigenvalue weighted by Crippen LogP contribution is -2.39. The smallest absolute Gasteiger partial charge is 0.350 e. The van der Waals surface area contributed by atoms with Gasteiger partial charge in [0.05, 0.1) is 11.1 Å². The minimum atomic E-state index is -4.95. The maximum Gasteiger partial charge on any atom is 0.416 e.